The molecule has 0 N–H and O–H groups in total. The number of nitrogens with zero attached hydrogens (tertiary/aromatic N) is 1. The van der Waals surface area contributed by atoms with E-state index in [9.17, 15) is 4.79 Å². The van der Waals surface area contributed by atoms with Gasteiger partial charge in [0.1, 0.15) is 4.32 Å². The van der Waals surface area contributed by atoms with E-state index < -0.39 is 0 Å². The van der Waals surface area contributed by atoms with Crippen LogP contribution in [0.1, 0.15) is 31.9 Å². The first-order chi connectivity index (χ1) is 11.4. The minimum absolute atomic E-state index is 0.0214. The highest BCUT2D eigenvalue weighted by atomic mass is 32.2. The van der Waals surface area contributed by atoms with Crippen LogP contribution in [0.5, 0.6) is 11.5 Å². The number of hydrogen-bond donors (Lipinski definition) is 0. The lowest BCUT2D eigenvalue weighted by molar-refractivity contribution is -0.122. The van der Waals surface area contributed by atoms with E-state index in [0.29, 0.717) is 39.8 Å². The molecule has 1 saturated heterocycles. The van der Waals surface area contributed by atoms with Crippen LogP contribution in [0.4, 0.5) is 0 Å². The first kappa shape index (κ1) is 18.8. The summed E-state index contributed by atoms with van der Waals surface area (Å²) in [5.41, 5.74) is 1.95. The van der Waals surface area contributed by atoms with Gasteiger partial charge < -0.3 is 9.47 Å². The molecule has 130 valence electrons. The topological polar surface area (TPSA) is 38.8 Å². The lowest BCUT2D eigenvalue weighted by Crippen LogP contribution is -2.31. The third-order valence-corrected chi connectivity index (χ3v) is 4.94. The van der Waals surface area contributed by atoms with Crippen molar-refractivity contribution in [2.75, 3.05) is 20.3 Å². The maximum Gasteiger partial charge on any atom is 0.266 e. The molecule has 1 aliphatic heterocycles. The van der Waals surface area contributed by atoms with E-state index in [-0.39, 0.29) is 5.91 Å². The fourth-order valence-electron chi connectivity index (χ4n) is 2.42. The zero-order valence-electron chi connectivity index (χ0n) is 14.7. The summed E-state index contributed by atoms with van der Waals surface area (Å²) in [6.45, 7) is 9.26. The molecule has 1 heterocycles. The van der Waals surface area contributed by atoms with Gasteiger partial charge in [-0.05, 0) is 49.1 Å². The molecule has 0 saturated carbocycles. The predicted molar refractivity (Wildman–Crippen MR) is 104 cm³/mol. The maximum absolute atomic E-state index is 12.6. The van der Waals surface area contributed by atoms with Crippen LogP contribution in [-0.2, 0) is 4.79 Å². The largest absolute Gasteiger partial charge is 0.493 e. The fraction of sp³-hybridized carbons (Fsp3) is 0.444. The molecule has 0 unspecified atom stereocenters. The van der Waals surface area contributed by atoms with Crippen LogP contribution >= 0.6 is 24.0 Å². The van der Waals surface area contributed by atoms with Crippen molar-refractivity contribution >= 4 is 40.3 Å². The first-order valence-corrected chi connectivity index (χ1v) is 9.16. The first-order valence-electron chi connectivity index (χ1n) is 7.94. The van der Waals surface area contributed by atoms with E-state index in [4.69, 9.17) is 21.7 Å². The molecule has 0 spiro atoms. The molecule has 1 aliphatic rings. The van der Waals surface area contributed by atoms with Crippen molar-refractivity contribution in [2.45, 2.75) is 27.7 Å². The highest BCUT2D eigenvalue weighted by Crippen LogP contribution is 2.36. The molecule has 0 atom stereocenters. The molecule has 0 aliphatic carbocycles. The van der Waals surface area contributed by atoms with Crippen molar-refractivity contribution in [1.29, 1.82) is 0 Å². The Morgan fingerprint density at radius 1 is 1.33 bits per heavy atom. The normalized spacial score (nSPS) is 16.4. The minimum atomic E-state index is -0.0214. The minimum Gasteiger partial charge on any atom is -0.493 e. The average Bonchev–Trinajstić information content (AvgIpc) is 2.77. The van der Waals surface area contributed by atoms with Crippen molar-refractivity contribution in [3.8, 4) is 11.5 Å². The van der Waals surface area contributed by atoms with Gasteiger partial charge in [-0.3, -0.25) is 9.69 Å². The smallest absolute Gasteiger partial charge is 0.266 e. The van der Waals surface area contributed by atoms with Gasteiger partial charge in [-0.1, -0.05) is 37.8 Å². The highest BCUT2D eigenvalue weighted by molar-refractivity contribution is 8.26. The van der Waals surface area contributed by atoms with Crippen LogP contribution in [0.3, 0.4) is 0 Å². The van der Waals surface area contributed by atoms with Crippen molar-refractivity contribution in [3.05, 3.63) is 28.2 Å². The molecule has 6 heteroatoms. The Balaban J connectivity index is 2.36. The second kappa shape index (κ2) is 8.03. The number of ether oxygens (including phenoxy) is 2. The van der Waals surface area contributed by atoms with E-state index in [1.54, 1.807) is 12.0 Å². The Hall–Kier alpha value is -1.53. The average molecular weight is 366 g/mol. The number of carbonyl (C=O) groups is 1. The maximum atomic E-state index is 12.6. The van der Waals surface area contributed by atoms with Crippen LogP contribution in [0, 0.1) is 12.8 Å². The molecule has 1 aromatic rings. The Morgan fingerprint density at radius 2 is 2.04 bits per heavy atom. The zero-order valence-corrected chi connectivity index (χ0v) is 16.3. The summed E-state index contributed by atoms with van der Waals surface area (Å²) in [5.74, 6) is 1.72. The van der Waals surface area contributed by atoms with E-state index in [1.807, 2.05) is 32.1 Å². The van der Waals surface area contributed by atoms with Crippen LogP contribution in [0.15, 0.2) is 17.0 Å². The Bertz CT molecular complexity index is 683. The highest BCUT2D eigenvalue weighted by Gasteiger charge is 2.32. The van der Waals surface area contributed by atoms with Gasteiger partial charge in [0, 0.05) is 6.54 Å². The molecule has 1 aromatic carbocycles. The van der Waals surface area contributed by atoms with Gasteiger partial charge in [0.15, 0.2) is 11.5 Å². The molecule has 4 nitrogen and oxygen atoms in total. The summed E-state index contributed by atoms with van der Waals surface area (Å²) < 4.78 is 11.6. The SMILES string of the molecule is CCOc1cc(/C=C2\SC(=S)N(CC(C)C)C2=O)c(C)cc1OC. The summed E-state index contributed by atoms with van der Waals surface area (Å²) in [4.78, 5) is 14.9. The van der Waals surface area contributed by atoms with Gasteiger partial charge >= 0.3 is 0 Å². The number of benzene rings is 1. The number of rotatable bonds is 6. The van der Waals surface area contributed by atoms with Crippen molar-refractivity contribution in [2.24, 2.45) is 5.92 Å². The van der Waals surface area contributed by atoms with Crippen molar-refractivity contribution in [3.63, 3.8) is 0 Å². The number of hydrogen-bond acceptors (Lipinski definition) is 5. The Labute approximate surface area is 153 Å². The number of carbonyl (C=O) groups excluding carboxylic acids is 1. The second-order valence-electron chi connectivity index (χ2n) is 5.98. The molecule has 0 radical (unpaired) electrons. The number of methoxy groups -OCH3 is 1. The molecule has 1 amide bonds. The van der Waals surface area contributed by atoms with Crippen LogP contribution in [0.25, 0.3) is 6.08 Å². The Morgan fingerprint density at radius 3 is 2.62 bits per heavy atom. The number of amides is 1. The van der Waals surface area contributed by atoms with Crippen molar-refractivity contribution in [1.82, 2.24) is 4.90 Å². The van der Waals surface area contributed by atoms with Gasteiger partial charge in [-0.2, -0.15) is 0 Å². The lowest BCUT2D eigenvalue weighted by Gasteiger charge is -2.16. The molecule has 0 aromatic heterocycles. The number of aryl methyl sites for hydroxylation is 1. The number of thiocarbonyl (C=S) groups is 1. The molecule has 0 bridgehead atoms. The van der Waals surface area contributed by atoms with Gasteiger partial charge in [0.2, 0.25) is 0 Å². The summed E-state index contributed by atoms with van der Waals surface area (Å²) in [6, 6.07) is 3.83. The number of thioether (sulfide) groups is 1. The van der Waals surface area contributed by atoms with Gasteiger partial charge in [-0.15, -0.1) is 0 Å². The van der Waals surface area contributed by atoms with Gasteiger partial charge in [-0.25, -0.2) is 0 Å². The predicted octanol–water partition coefficient (Wildman–Crippen LogP) is 4.26. The molecular weight excluding hydrogens is 342 g/mol. The molecule has 2 rings (SSSR count). The quantitative estimate of drug-likeness (QED) is 0.556. The third-order valence-electron chi connectivity index (χ3n) is 3.56. The van der Waals surface area contributed by atoms with E-state index in [1.165, 1.54) is 11.8 Å². The van der Waals surface area contributed by atoms with Crippen LogP contribution < -0.4 is 9.47 Å². The molecule has 1 fully saturated rings. The van der Waals surface area contributed by atoms with Gasteiger partial charge in [0.25, 0.3) is 5.91 Å². The summed E-state index contributed by atoms with van der Waals surface area (Å²) in [7, 11) is 1.62. The van der Waals surface area contributed by atoms with E-state index >= 15 is 0 Å². The molecule has 24 heavy (non-hydrogen) atoms. The third kappa shape index (κ3) is 4.11. The van der Waals surface area contributed by atoms with E-state index in [0.717, 1.165) is 11.1 Å². The Kier molecular flexibility index (Phi) is 6.29. The van der Waals surface area contributed by atoms with E-state index in [2.05, 4.69) is 13.8 Å². The van der Waals surface area contributed by atoms with Crippen LogP contribution in [-0.4, -0.2) is 35.4 Å². The summed E-state index contributed by atoms with van der Waals surface area (Å²) >= 11 is 6.70. The fourth-order valence-corrected chi connectivity index (χ4v) is 3.69. The summed E-state index contributed by atoms with van der Waals surface area (Å²) in [5, 5.41) is 0. The van der Waals surface area contributed by atoms with Gasteiger partial charge in [0.05, 0.1) is 18.6 Å². The molecular formula is C18H23NO3S2. The lowest BCUT2D eigenvalue weighted by atomic mass is 10.1. The monoisotopic (exact) mass is 365 g/mol. The van der Waals surface area contributed by atoms with Crippen molar-refractivity contribution < 1.29 is 14.3 Å². The standard InChI is InChI=1S/C18H23NO3S2/c1-6-22-15-8-13(12(4)7-14(15)21-5)9-16-17(20)19(10-11(2)3)18(23)24-16/h7-9,11H,6,10H2,1-5H3/b16-9-. The second-order valence-corrected chi connectivity index (χ2v) is 7.65. The summed E-state index contributed by atoms with van der Waals surface area (Å²) in [6.07, 6.45) is 1.89. The van der Waals surface area contributed by atoms with Crippen LogP contribution in [0.2, 0.25) is 0 Å². The zero-order chi connectivity index (χ0) is 17.9.